The van der Waals surface area contributed by atoms with Crippen molar-refractivity contribution < 1.29 is 19.1 Å². The Kier molecular flexibility index (Phi) is 5.11. The summed E-state index contributed by atoms with van der Waals surface area (Å²) in [6.07, 6.45) is 0. The highest BCUT2D eigenvalue weighted by atomic mass is 35.5. The minimum atomic E-state index is -0.626. The molecule has 0 heterocycles. The van der Waals surface area contributed by atoms with Gasteiger partial charge in [0.25, 0.3) is 0 Å². The molecule has 0 aliphatic rings. The van der Waals surface area contributed by atoms with Crippen molar-refractivity contribution in [3.8, 4) is 11.5 Å². The summed E-state index contributed by atoms with van der Waals surface area (Å²) >= 11 is 5.81. The average molecular weight is 353 g/mol. The van der Waals surface area contributed by atoms with Crippen LogP contribution in [-0.4, -0.2) is 11.9 Å². The standard InChI is InChI=1S/C20H13ClO4/c21-15-10-12-16(13-11-15)24-20(23)17-8-4-5-9-18(17)25-19(22)14-6-2-1-3-7-14/h1-13H. The van der Waals surface area contributed by atoms with E-state index in [1.807, 2.05) is 0 Å². The number of esters is 2. The number of hydrogen-bond donors (Lipinski definition) is 0. The van der Waals surface area contributed by atoms with Crippen LogP contribution in [0.25, 0.3) is 0 Å². The number of carbonyl (C=O) groups excluding carboxylic acids is 2. The van der Waals surface area contributed by atoms with Crippen molar-refractivity contribution in [2.45, 2.75) is 0 Å². The maximum atomic E-state index is 12.4. The third kappa shape index (κ3) is 4.25. The fraction of sp³-hybridized carbons (Fsp3) is 0. The van der Waals surface area contributed by atoms with E-state index in [1.165, 1.54) is 6.07 Å². The van der Waals surface area contributed by atoms with Gasteiger partial charge in [-0.25, -0.2) is 9.59 Å². The molecule has 0 saturated carbocycles. The molecule has 0 aliphatic carbocycles. The van der Waals surface area contributed by atoms with Crippen molar-refractivity contribution in [2.24, 2.45) is 0 Å². The van der Waals surface area contributed by atoms with E-state index in [4.69, 9.17) is 21.1 Å². The molecule has 3 rings (SSSR count). The maximum absolute atomic E-state index is 12.4. The smallest absolute Gasteiger partial charge is 0.347 e. The molecule has 0 amide bonds. The van der Waals surface area contributed by atoms with Crippen LogP contribution in [0.1, 0.15) is 20.7 Å². The Bertz CT molecular complexity index is 889. The first kappa shape index (κ1) is 16.7. The number of halogens is 1. The van der Waals surface area contributed by atoms with E-state index in [1.54, 1.807) is 72.8 Å². The Balaban J connectivity index is 1.79. The van der Waals surface area contributed by atoms with E-state index in [2.05, 4.69) is 0 Å². The Morgan fingerprint density at radius 3 is 2.04 bits per heavy atom. The molecule has 0 saturated heterocycles. The molecule has 0 atom stereocenters. The van der Waals surface area contributed by atoms with Crippen LogP contribution in [0, 0.1) is 0 Å². The Labute approximate surface area is 149 Å². The molecule has 5 heteroatoms. The fourth-order valence-corrected chi connectivity index (χ4v) is 2.25. The van der Waals surface area contributed by atoms with Crippen molar-refractivity contribution in [3.05, 3.63) is 95.0 Å². The molecule has 0 radical (unpaired) electrons. The number of rotatable bonds is 4. The largest absolute Gasteiger partial charge is 0.423 e. The van der Waals surface area contributed by atoms with Crippen LogP contribution in [0.4, 0.5) is 0 Å². The molecule has 0 aromatic heterocycles. The maximum Gasteiger partial charge on any atom is 0.347 e. The van der Waals surface area contributed by atoms with Crippen LogP contribution < -0.4 is 9.47 Å². The van der Waals surface area contributed by atoms with E-state index < -0.39 is 11.9 Å². The topological polar surface area (TPSA) is 52.6 Å². The van der Waals surface area contributed by atoms with Crippen molar-refractivity contribution in [2.75, 3.05) is 0 Å². The van der Waals surface area contributed by atoms with Crippen LogP contribution in [0.3, 0.4) is 0 Å². The summed E-state index contributed by atoms with van der Waals surface area (Å²) in [5, 5.41) is 0.539. The molecule has 124 valence electrons. The van der Waals surface area contributed by atoms with Gasteiger partial charge < -0.3 is 9.47 Å². The zero-order valence-corrected chi connectivity index (χ0v) is 13.8. The van der Waals surface area contributed by atoms with Crippen LogP contribution in [-0.2, 0) is 0 Å². The number of para-hydroxylation sites is 1. The van der Waals surface area contributed by atoms with E-state index in [-0.39, 0.29) is 11.3 Å². The summed E-state index contributed by atoms with van der Waals surface area (Å²) in [7, 11) is 0. The monoisotopic (exact) mass is 352 g/mol. The molecular formula is C20H13ClO4. The average Bonchev–Trinajstić information content (AvgIpc) is 2.64. The lowest BCUT2D eigenvalue weighted by molar-refractivity contribution is 0.0707. The van der Waals surface area contributed by atoms with E-state index in [0.29, 0.717) is 16.3 Å². The summed E-state index contributed by atoms with van der Waals surface area (Å²) in [4.78, 5) is 24.6. The minimum absolute atomic E-state index is 0.135. The van der Waals surface area contributed by atoms with Gasteiger partial charge >= 0.3 is 11.9 Å². The number of benzene rings is 3. The van der Waals surface area contributed by atoms with Gasteiger partial charge in [-0.2, -0.15) is 0 Å². The molecule has 3 aromatic carbocycles. The lowest BCUT2D eigenvalue weighted by Gasteiger charge is -2.10. The molecular weight excluding hydrogens is 340 g/mol. The molecule has 0 aliphatic heterocycles. The van der Waals surface area contributed by atoms with Crippen LogP contribution in [0.2, 0.25) is 5.02 Å². The highest BCUT2D eigenvalue weighted by Gasteiger charge is 2.17. The van der Waals surface area contributed by atoms with Gasteiger partial charge in [0.1, 0.15) is 17.1 Å². The Morgan fingerprint density at radius 2 is 1.32 bits per heavy atom. The van der Waals surface area contributed by atoms with Gasteiger partial charge in [-0.1, -0.05) is 41.9 Å². The lowest BCUT2D eigenvalue weighted by Crippen LogP contribution is -2.14. The minimum Gasteiger partial charge on any atom is -0.423 e. The van der Waals surface area contributed by atoms with Gasteiger partial charge in [-0.15, -0.1) is 0 Å². The molecule has 0 bridgehead atoms. The third-order valence-electron chi connectivity index (χ3n) is 3.34. The van der Waals surface area contributed by atoms with Crippen molar-refractivity contribution >= 4 is 23.5 Å². The predicted molar refractivity (Wildman–Crippen MR) is 94.3 cm³/mol. The number of hydrogen-bond acceptors (Lipinski definition) is 4. The molecule has 25 heavy (non-hydrogen) atoms. The van der Waals surface area contributed by atoms with E-state index >= 15 is 0 Å². The molecule has 0 N–H and O–H groups in total. The summed E-state index contributed by atoms with van der Waals surface area (Å²) in [5.74, 6) is -0.694. The second-order valence-corrected chi connectivity index (χ2v) is 5.53. The summed E-state index contributed by atoms with van der Waals surface area (Å²) in [6, 6.07) is 21.3. The van der Waals surface area contributed by atoms with Gasteiger partial charge in [-0.05, 0) is 48.5 Å². The zero-order chi connectivity index (χ0) is 17.6. The van der Waals surface area contributed by atoms with Gasteiger partial charge in [0.05, 0.1) is 5.56 Å². The Morgan fingerprint density at radius 1 is 0.680 bits per heavy atom. The number of carbonyl (C=O) groups is 2. The molecule has 0 unspecified atom stereocenters. The first-order valence-electron chi connectivity index (χ1n) is 7.47. The highest BCUT2D eigenvalue weighted by Crippen LogP contribution is 2.23. The molecule has 0 spiro atoms. The van der Waals surface area contributed by atoms with Gasteiger partial charge in [0, 0.05) is 5.02 Å². The van der Waals surface area contributed by atoms with Crippen LogP contribution >= 0.6 is 11.6 Å². The van der Waals surface area contributed by atoms with Crippen molar-refractivity contribution in [1.29, 1.82) is 0 Å². The predicted octanol–water partition coefficient (Wildman–Crippen LogP) is 4.78. The van der Waals surface area contributed by atoms with E-state index in [0.717, 1.165) is 0 Å². The van der Waals surface area contributed by atoms with Gasteiger partial charge in [0.15, 0.2) is 0 Å². The van der Waals surface area contributed by atoms with Crippen molar-refractivity contribution in [1.82, 2.24) is 0 Å². The first-order chi connectivity index (χ1) is 12.1. The summed E-state index contributed by atoms with van der Waals surface area (Å²) < 4.78 is 10.6. The van der Waals surface area contributed by atoms with Crippen molar-refractivity contribution in [3.63, 3.8) is 0 Å². The second-order valence-electron chi connectivity index (χ2n) is 5.10. The normalized spacial score (nSPS) is 10.1. The quantitative estimate of drug-likeness (QED) is 0.501. The van der Waals surface area contributed by atoms with Gasteiger partial charge in [0.2, 0.25) is 0 Å². The SMILES string of the molecule is O=C(Oc1ccccc1C(=O)Oc1ccc(Cl)cc1)c1ccccc1. The molecule has 3 aromatic rings. The van der Waals surface area contributed by atoms with Crippen LogP contribution in [0.15, 0.2) is 78.9 Å². The fourth-order valence-electron chi connectivity index (χ4n) is 2.12. The molecule has 0 fully saturated rings. The van der Waals surface area contributed by atoms with Gasteiger partial charge in [-0.3, -0.25) is 0 Å². The zero-order valence-electron chi connectivity index (χ0n) is 13.0. The summed E-state index contributed by atoms with van der Waals surface area (Å²) in [6.45, 7) is 0. The number of ether oxygens (including phenoxy) is 2. The first-order valence-corrected chi connectivity index (χ1v) is 7.85. The highest BCUT2D eigenvalue weighted by molar-refractivity contribution is 6.30. The second kappa shape index (κ2) is 7.64. The lowest BCUT2D eigenvalue weighted by atomic mass is 10.2. The van der Waals surface area contributed by atoms with Crippen LogP contribution in [0.5, 0.6) is 11.5 Å². The molecule has 4 nitrogen and oxygen atoms in total. The third-order valence-corrected chi connectivity index (χ3v) is 3.60. The Hall–Kier alpha value is -3.11. The van der Waals surface area contributed by atoms with E-state index in [9.17, 15) is 9.59 Å². The summed E-state index contributed by atoms with van der Waals surface area (Å²) in [5.41, 5.74) is 0.546.